The Labute approximate surface area is 66.2 Å². The van der Waals surface area contributed by atoms with Gasteiger partial charge in [0.1, 0.15) is 0 Å². The first-order valence-corrected chi connectivity index (χ1v) is 3.85. The van der Waals surface area contributed by atoms with Crippen molar-refractivity contribution in [1.82, 2.24) is 5.43 Å². The lowest BCUT2D eigenvalue weighted by Crippen LogP contribution is -2.33. The third-order valence-corrected chi connectivity index (χ3v) is 2.13. The molecule has 1 unspecified atom stereocenters. The van der Waals surface area contributed by atoms with Crippen molar-refractivity contribution in [3.05, 3.63) is 11.4 Å². The molecule has 0 saturated carbocycles. The molecule has 6 N–H and O–H groups in total. The number of hydrogen-bond donors (Lipinski definition) is 4. The van der Waals surface area contributed by atoms with Crippen LogP contribution in [0.5, 0.6) is 0 Å². The minimum absolute atomic E-state index is 0.119. The predicted molar refractivity (Wildman–Crippen MR) is 43.0 cm³/mol. The maximum absolute atomic E-state index is 8.93. The lowest BCUT2D eigenvalue weighted by molar-refractivity contribution is 0.225. The van der Waals surface area contributed by atoms with Crippen LogP contribution in [0.3, 0.4) is 0 Å². The number of aliphatic hydroxyl groups excluding tert-OH is 1. The summed E-state index contributed by atoms with van der Waals surface area (Å²) < 4.78 is 0. The molecule has 0 spiro atoms. The van der Waals surface area contributed by atoms with E-state index in [-0.39, 0.29) is 12.5 Å². The molecule has 1 rings (SSSR count). The highest BCUT2D eigenvalue weighted by Gasteiger charge is 2.19. The van der Waals surface area contributed by atoms with Gasteiger partial charge >= 0.3 is 0 Å². The summed E-state index contributed by atoms with van der Waals surface area (Å²) in [7, 11) is 0. The highest BCUT2D eigenvalue weighted by Crippen LogP contribution is 2.24. The fourth-order valence-corrected chi connectivity index (χ4v) is 1.47. The molecule has 0 heterocycles. The standard InChI is InChI=1S/C7H15N3O/c8-6-3-1-2-5(4-11)7(6)10-9/h5,10-11H,1-4,8-9H2. The van der Waals surface area contributed by atoms with Crippen molar-refractivity contribution in [3.8, 4) is 0 Å². The minimum Gasteiger partial charge on any atom is -0.401 e. The zero-order valence-corrected chi connectivity index (χ0v) is 6.51. The van der Waals surface area contributed by atoms with Gasteiger partial charge in [-0.15, -0.1) is 0 Å². The Balaban J connectivity index is 2.73. The van der Waals surface area contributed by atoms with E-state index >= 15 is 0 Å². The summed E-state index contributed by atoms with van der Waals surface area (Å²) in [6.45, 7) is 0.125. The Kier molecular flexibility index (Phi) is 2.73. The fraction of sp³-hybridized carbons (Fsp3) is 0.714. The van der Waals surface area contributed by atoms with E-state index < -0.39 is 0 Å². The number of rotatable bonds is 2. The van der Waals surface area contributed by atoms with Gasteiger partial charge in [-0.05, 0) is 19.3 Å². The first kappa shape index (κ1) is 8.36. The van der Waals surface area contributed by atoms with E-state index in [1.807, 2.05) is 0 Å². The predicted octanol–water partition coefficient (Wildman–Crippen LogP) is -0.588. The van der Waals surface area contributed by atoms with Gasteiger partial charge in [0, 0.05) is 17.3 Å². The van der Waals surface area contributed by atoms with Crippen molar-refractivity contribution in [2.45, 2.75) is 19.3 Å². The molecule has 0 fully saturated rings. The lowest BCUT2D eigenvalue weighted by atomic mass is 9.91. The van der Waals surface area contributed by atoms with Crippen molar-refractivity contribution < 1.29 is 5.11 Å². The second-order valence-electron chi connectivity index (χ2n) is 2.85. The molecule has 1 atom stereocenters. The van der Waals surface area contributed by atoms with Crippen molar-refractivity contribution in [3.63, 3.8) is 0 Å². The second-order valence-corrected chi connectivity index (χ2v) is 2.85. The van der Waals surface area contributed by atoms with Gasteiger partial charge in [-0.3, -0.25) is 5.84 Å². The molecular weight excluding hydrogens is 142 g/mol. The molecule has 0 saturated heterocycles. The van der Waals surface area contributed by atoms with Gasteiger partial charge in [0.05, 0.1) is 6.61 Å². The van der Waals surface area contributed by atoms with Crippen LogP contribution in [0, 0.1) is 5.92 Å². The highest BCUT2D eigenvalue weighted by atomic mass is 16.3. The van der Waals surface area contributed by atoms with Crippen LogP contribution in [-0.2, 0) is 0 Å². The number of allylic oxidation sites excluding steroid dienone is 1. The quantitative estimate of drug-likeness (QED) is 0.319. The number of hydrazine groups is 1. The van der Waals surface area contributed by atoms with Gasteiger partial charge in [0.15, 0.2) is 0 Å². The van der Waals surface area contributed by atoms with Crippen LogP contribution in [0.25, 0.3) is 0 Å². The third-order valence-electron chi connectivity index (χ3n) is 2.13. The molecule has 0 radical (unpaired) electrons. The van der Waals surface area contributed by atoms with E-state index in [4.69, 9.17) is 16.7 Å². The van der Waals surface area contributed by atoms with Crippen LogP contribution in [0.4, 0.5) is 0 Å². The molecule has 0 aromatic carbocycles. The van der Waals surface area contributed by atoms with Gasteiger partial charge in [-0.1, -0.05) is 0 Å². The molecule has 0 bridgehead atoms. The van der Waals surface area contributed by atoms with Crippen LogP contribution in [0.1, 0.15) is 19.3 Å². The zero-order chi connectivity index (χ0) is 8.27. The van der Waals surface area contributed by atoms with E-state index in [0.29, 0.717) is 0 Å². The van der Waals surface area contributed by atoms with Crippen LogP contribution in [0.2, 0.25) is 0 Å². The Hall–Kier alpha value is -0.740. The van der Waals surface area contributed by atoms with E-state index in [0.717, 1.165) is 30.7 Å². The van der Waals surface area contributed by atoms with Crippen molar-refractivity contribution in [1.29, 1.82) is 0 Å². The summed E-state index contributed by atoms with van der Waals surface area (Å²) in [5.41, 5.74) is 9.84. The van der Waals surface area contributed by atoms with Crippen molar-refractivity contribution >= 4 is 0 Å². The van der Waals surface area contributed by atoms with Gasteiger partial charge in [-0.25, -0.2) is 0 Å². The monoisotopic (exact) mass is 157 g/mol. The van der Waals surface area contributed by atoms with Crippen molar-refractivity contribution in [2.24, 2.45) is 17.5 Å². The third kappa shape index (κ3) is 1.64. The molecule has 1 aliphatic carbocycles. The van der Waals surface area contributed by atoms with E-state index in [1.165, 1.54) is 0 Å². The number of nitrogens with one attached hydrogen (secondary N) is 1. The highest BCUT2D eigenvalue weighted by molar-refractivity contribution is 5.14. The summed E-state index contributed by atoms with van der Waals surface area (Å²) in [4.78, 5) is 0. The largest absolute Gasteiger partial charge is 0.401 e. The van der Waals surface area contributed by atoms with Crippen LogP contribution in [-0.4, -0.2) is 11.7 Å². The molecular formula is C7H15N3O. The van der Waals surface area contributed by atoms with Crippen molar-refractivity contribution in [2.75, 3.05) is 6.61 Å². The molecule has 0 aliphatic heterocycles. The molecule has 0 aromatic rings. The average Bonchev–Trinajstić information content (AvgIpc) is 2.04. The summed E-state index contributed by atoms with van der Waals surface area (Å²) in [6, 6.07) is 0. The summed E-state index contributed by atoms with van der Waals surface area (Å²) >= 11 is 0. The Morgan fingerprint density at radius 1 is 1.64 bits per heavy atom. The Morgan fingerprint density at radius 2 is 2.36 bits per heavy atom. The Morgan fingerprint density at radius 3 is 2.82 bits per heavy atom. The second kappa shape index (κ2) is 3.59. The van der Waals surface area contributed by atoms with E-state index in [2.05, 4.69) is 5.43 Å². The zero-order valence-electron chi connectivity index (χ0n) is 6.51. The summed E-state index contributed by atoms with van der Waals surface area (Å²) in [5, 5.41) is 8.93. The molecule has 1 aliphatic rings. The number of nitrogens with two attached hydrogens (primary N) is 2. The number of hydrogen-bond acceptors (Lipinski definition) is 4. The van der Waals surface area contributed by atoms with Gasteiger partial charge in [0.2, 0.25) is 0 Å². The van der Waals surface area contributed by atoms with Crippen LogP contribution in [0.15, 0.2) is 11.4 Å². The SMILES string of the molecule is NNC1=C(N)CCCC1CO. The normalized spacial score (nSPS) is 25.5. The molecule has 0 amide bonds. The summed E-state index contributed by atoms with van der Waals surface area (Å²) in [5.74, 6) is 5.38. The minimum atomic E-state index is 0.119. The van der Waals surface area contributed by atoms with Gasteiger partial charge in [0.25, 0.3) is 0 Å². The first-order chi connectivity index (χ1) is 5.29. The molecule has 0 aromatic heterocycles. The van der Waals surface area contributed by atoms with E-state index in [9.17, 15) is 0 Å². The van der Waals surface area contributed by atoms with Crippen LogP contribution < -0.4 is 17.0 Å². The molecule has 4 nitrogen and oxygen atoms in total. The van der Waals surface area contributed by atoms with Gasteiger partial charge < -0.3 is 16.3 Å². The Bertz CT molecular complexity index is 167. The fourth-order valence-electron chi connectivity index (χ4n) is 1.47. The molecule has 11 heavy (non-hydrogen) atoms. The number of aliphatic hydroxyl groups is 1. The van der Waals surface area contributed by atoms with Crippen LogP contribution >= 0.6 is 0 Å². The van der Waals surface area contributed by atoms with E-state index in [1.54, 1.807) is 0 Å². The maximum atomic E-state index is 8.93. The first-order valence-electron chi connectivity index (χ1n) is 3.85. The maximum Gasteiger partial charge on any atom is 0.0515 e. The average molecular weight is 157 g/mol. The molecule has 64 valence electrons. The lowest BCUT2D eigenvalue weighted by Gasteiger charge is -2.24. The summed E-state index contributed by atoms with van der Waals surface area (Å²) in [6.07, 6.45) is 2.90. The topological polar surface area (TPSA) is 84.3 Å². The molecule has 4 heteroatoms. The smallest absolute Gasteiger partial charge is 0.0515 e. The van der Waals surface area contributed by atoms with Gasteiger partial charge in [-0.2, -0.15) is 0 Å².